The number of hydrogen-bond acceptors (Lipinski definition) is 3. The first-order chi connectivity index (χ1) is 8.52. The van der Waals surface area contributed by atoms with Gasteiger partial charge >= 0.3 is 0 Å². The Kier molecular flexibility index (Phi) is 5.58. The number of aryl methyl sites for hydroxylation is 1. The van der Waals surface area contributed by atoms with Crippen LogP contribution in [0.15, 0.2) is 23.2 Å². The first kappa shape index (κ1) is 14.4. The van der Waals surface area contributed by atoms with Crippen LogP contribution in [0.3, 0.4) is 0 Å². The van der Waals surface area contributed by atoms with Crippen LogP contribution < -0.4 is 11.3 Å². The van der Waals surface area contributed by atoms with Gasteiger partial charge in [0.1, 0.15) is 0 Å². The molecule has 1 heterocycles. The third kappa shape index (κ3) is 4.71. The van der Waals surface area contributed by atoms with Crippen LogP contribution in [0.2, 0.25) is 0 Å². The van der Waals surface area contributed by atoms with Crippen molar-refractivity contribution in [3.63, 3.8) is 0 Å². The lowest BCUT2D eigenvalue weighted by Crippen LogP contribution is -2.42. The van der Waals surface area contributed by atoms with Gasteiger partial charge in [-0.25, -0.2) is 5.84 Å². The second-order valence-electron chi connectivity index (χ2n) is 4.83. The Labute approximate surface area is 109 Å². The zero-order valence-corrected chi connectivity index (χ0v) is 11.6. The maximum absolute atomic E-state index is 5.50. The first-order valence-corrected chi connectivity index (χ1v) is 6.17. The van der Waals surface area contributed by atoms with Gasteiger partial charge in [0.05, 0.1) is 12.2 Å². The van der Waals surface area contributed by atoms with Gasteiger partial charge in [0.2, 0.25) is 5.96 Å². The van der Waals surface area contributed by atoms with Crippen LogP contribution in [0.1, 0.15) is 25.2 Å². The van der Waals surface area contributed by atoms with Crippen molar-refractivity contribution < 1.29 is 0 Å². The highest BCUT2D eigenvalue weighted by Crippen LogP contribution is 2.02. The summed E-state index contributed by atoms with van der Waals surface area (Å²) in [6, 6.07) is 5.99. The van der Waals surface area contributed by atoms with Crippen LogP contribution in [0.25, 0.3) is 0 Å². The van der Waals surface area contributed by atoms with Gasteiger partial charge < -0.3 is 4.90 Å². The van der Waals surface area contributed by atoms with E-state index in [1.54, 1.807) is 0 Å². The van der Waals surface area contributed by atoms with Gasteiger partial charge in [-0.1, -0.05) is 19.9 Å². The molecule has 5 heteroatoms. The van der Waals surface area contributed by atoms with Crippen LogP contribution in [0.5, 0.6) is 0 Å². The third-order valence-electron chi connectivity index (χ3n) is 2.44. The van der Waals surface area contributed by atoms with Gasteiger partial charge in [-0.05, 0) is 25.0 Å². The Hall–Kier alpha value is -1.62. The number of nitrogens with zero attached hydrogens (tertiary/aromatic N) is 3. The van der Waals surface area contributed by atoms with E-state index in [1.165, 1.54) is 0 Å². The number of rotatable bonds is 4. The first-order valence-electron chi connectivity index (χ1n) is 6.17. The Morgan fingerprint density at radius 3 is 2.78 bits per heavy atom. The Balaban J connectivity index is 2.67. The largest absolute Gasteiger partial charge is 0.339 e. The lowest BCUT2D eigenvalue weighted by atomic mass is 10.2. The fourth-order valence-electron chi connectivity index (χ4n) is 1.55. The molecule has 0 aromatic carbocycles. The molecule has 1 rings (SSSR count). The molecule has 1 aromatic rings. The molecular weight excluding hydrogens is 226 g/mol. The predicted octanol–water partition coefficient (Wildman–Crippen LogP) is 1.30. The van der Waals surface area contributed by atoms with Crippen molar-refractivity contribution in [3.8, 4) is 0 Å². The summed E-state index contributed by atoms with van der Waals surface area (Å²) in [7, 11) is 1.95. The summed E-state index contributed by atoms with van der Waals surface area (Å²) in [5, 5.41) is 0. The number of hydrogen-bond donors (Lipinski definition) is 2. The SMILES string of the molecule is Cc1cccc(CN(C)C(=NCC(C)C)NN)n1. The Morgan fingerprint density at radius 1 is 1.50 bits per heavy atom. The highest BCUT2D eigenvalue weighted by molar-refractivity contribution is 5.79. The summed E-state index contributed by atoms with van der Waals surface area (Å²) in [6.07, 6.45) is 0. The van der Waals surface area contributed by atoms with Gasteiger partial charge in [-0.3, -0.25) is 15.4 Å². The average Bonchev–Trinajstić information content (AvgIpc) is 2.29. The van der Waals surface area contributed by atoms with Crippen molar-refractivity contribution in [3.05, 3.63) is 29.6 Å². The van der Waals surface area contributed by atoms with Crippen molar-refractivity contribution in [2.75, 3.05) is 13.6 Å². The van der Waals surface area contributed by atoms with Crippen molar-refractivity contribution in [2.45, 2.75) is 27.3 Å². The molecule has 18 heavy (non-hydrogen) atoms. The molecule has 0 aliphatic carbocycles. The quantitative estimate of drug-likeness (QED) is 0.365. The molecule has 0 bridgehead atoms. The van der Waals surface area contributed by atoms with Crippen LogP contribution >= 0.6 is 0 Å². The number of pyridine rings is 1. The molecule has 5 nitrogen and oxygen atoms in total. The second kappa shape index (κ2) is 6.96. The van der Waals surface area contributed by atoms with E-state index in [0.717, 1.165) is 17.9 Å². The highest BCUT2D eigenvalue weighted by atomic mass is 15.4. The monoisotopic (exact) mass is 249 g/mol. The van der Waals surface area contributed by atoms with E-state index in [1.807, 2.05) is 37.1 Å². The van der Waals surface area contributed by atoms with Gasteiger partial charge in [-0.15, -0.1) is 0 Å². The molecule has 100 valence electrons. The molecule has 0 fully saturated rings. The minimum absolute atomic E-state index is 0.513. The average molecular weight is 249 g/mol. The molecule has 1 aromatic heterocycles. The fourth-order valence-corrected chi connectivity index (χ4v) is 1.55. The maximum Gasteiger partial charge on any atom is 0.208 e. The zero-order chi connectivity index (χ0) is 13.5. The van der Waals surface area contributed by atoms with Gasteiger partial charge in [0.25, 0.3) is 0 Å². The van der Waals surface area contributed by atoms with Crippen molar-refractivity contribution in [1.82, 2.24) is 15.3 Å². The smallest absolute Gasteiger partial charge is 0.208 e. The van der Waals surface area contributed by atoms with Crippen molar-refractivity contribution in [2.24, 2.45) is 16.8 Å². The standard InChI is InChI=1S/C13H23N5/c1-10(2)8-15-13(17-14)18(4)9-12-7-5-6-11(3)16-12/h5-7,10H,8-9,14H2,1-4H3,(H,15,17). The van der Waals surface area contributed by atoms with Gasteiger partial charge in [0.15, 0.2) is 0 Å². The number of aliphatic imine (C=N–C) groups is 1. The Bertz CT molecular complexity index is 400. The van der Waals surface area contributed by atoms with E-state index in [-0.39, 0.29) is 0 Å². The van der Waals surface area contributed by atoms with E-state index in [0.29, 0.717) is 18.4 Å². The van der Waals surface area contributed by atoms with E-state index >= 15 is 0 Å². The molecule has 0 unspecified atom stereocenters. The van der Waals surface area contributed by atoms with Crippen LogP contribution in [0.4, 0.5) is 0 Å². The van der Waals surface area contributed by atoms with Crippen molar-refractivity contribution in [1.29, 1.82) is 0 Å². The Morgan fingerprint density at radius 2 is 2.22 bits per heavy atom. The van der Waals surface area contributed by atoms with E-state index in [9.17, 15) is 0 Å². The summed E-state index contributed by atoms with van der Waals surface area (Å²) >= 11 is 0. The molecular formula is C13H23N5. The summed E-state index contributed by atoms with van der Waals surface area (Å²) in [5.41, 5.74) is 4.66. The minimum Gasteiger partial charge on any atom is -0.339 e. The molecule has 0 amide bonds. The normalized spacial score (nSPS) is 11.8. The highest BCUT2D eigenvalue weighted by Gasteiger charge is 2.07. The summed E-state index contributed by atoms with van der Waals surface area (Å²) in [6.45, 7) is 7.67. The molecule has 0 saturated carbocycles. The number of hydrazine groups is 1. The number of nitrogens with two attached hydrogens (primary N) is 1. The topological polar surface area (TPSA) is 66.5 Å². The van der Waals surface area contributed by atoms with Gasteiger partial charge in [0, 0.05) is 19.3 Å². The fraction of sp³-hybridized carbons (Fsp3) is 0.538. The van der Waals surface area contributed by atoms with Crippen LogP contribution in [-0.2, 0) is 6.54 Å². The summed E-state index contributed by atoms with van der Waals surface area (Å²) < 4.78 is 0. The van der Waals surface area contributed by atoms with E-state index in [2.05, 4.69) is 29.2 Å². The number of guanidine groups is 1. The summed E-state index contributed by atoms with van der Waals surface area (Å²) in [5.74, 6) is 6.70. The number of aromatic nitrogens is 1. The zero-order valence-electron chi connectivity index (χ0n) is 11.6. The third-order valence-corrected chi connectivity index (χ3v) is 2.44. The molecule has 0 aliphatic rings. The van der Waals surface area contributed by atoms with E-state index in [4.69, 9.17) is 5.84 Å². The lowest BCUT2D eigenvalue weighted by molar-refractivity contribution is 0.466. The van der Waals surface area contributed by atoms with Crippen LogP contribution in [-0.4, -0.2) is 29.4 Å². The lowest BCUT2D eigenvalue weighted by Gasteiger charge is -2.20. The summed E-state index contributed by atoms with van der Waals surface area (Å²) in [4.78, 5) is 10.9. The van der Waals surface area contributed by atoms with E-state index < -0.39 is 0 Å². The molecule has 3 N–H and O–H groups in total. The molecule has 0 saturated heterocycles. The van der Waals surface area contributed by atoms with Crippen LogP contribution in [0, 0.1) is 12.8 Å². The van der Waals surface area contributed by atoms with Gasteiger partial charge in [-0.2, -0.15) is 0 Å². The maximum atomic E-state index is 5.50. The second-order valence-corrected chi connectivity index (χ2v) is 4.83. The minimum atomic E-state index is 0.513. The van der Waals surface area contributed by atoms with Crippen molar-refractivity contribution >= 4 is 5.96 Å². The molecule has 0 atom stereocenters. The predicted molar refractivity (Wildman–Crippen MR) is 74.9 cm³/mol. The molecule has 0 spiro atoms. The molecule has 0 radical (unpaired) electrons. The molecule has 0 aliphatic heterocycles. The number of nitrogens with one attached hydrogen (secondary N) is 1.